The van der Waals surface area contributed by atoms with Crippen LogP contribution in [0.2, 0.25) is 0 Å². The van der Waals surface area contributed by atoms with Crippen LogP contribution >= 0.6 is 11.7 Å². The average Bonchev–Trinajstić information content (AvgIpc) is 3.23. The SMILES string of the molecule is Cc1noc(CN2CCN(S(=O)(=O)c3cccc4nsnc34)CC2)n1. The molecular formula is C14H16N6O3S2. The molecule has 0 radical (unpaired) electrons. The van der Waals surface area contributed by atoms with Crippen molar-refractivity contribution in [1.82, 2.24) is 28.1 Å². The number of hydrogen-bond donors (Lipinski definition) is 0. The quantitative estimate of drug-likeness (QED) is 0.657. The molecule has 0 saturated carbocycles. The molecule has 0 N–H and O–H groups in total. The molecule has 132 valence electrons. The Kier molecular flexibility index (Phi) is 4.23. The van der Waals surface area contributed by atoms with Gasteiger partial charge in [-0.05, 0) is 19.1 Å². The lowest BCUT2D eigenvalue weighted by atomic mass is 10.3. The summed E-state index contributed by atoms with van der Waals surface area (Å²) < 4.78 is 40.8. The summed E-state index contributed by atoms with van der Waals surface area (Å²) in [5, 5.41) is 3.77. The van der Waals surface area contributed by atoms with Crippen LogP contribution in [0.25, 0.3) is 11.0 Å². The van der Waals surface area contributed by atoms with Gasteiger partial charge < -0.3 is 4.52 Å². The Morgan fingerprint density at radius 2 is 2.00 bits per heavy atom. The summed E-state index contributed by atoms with van der Waals surface area (Å²) in [6.45, 7) is 4.32. The Hall–Kier alpha value is -1.95. The van der Waals surface area contributed by atoms with Crippen molar-refractivity contribution in [2.45, 2.75) is 18.4 Å². The van der Waals surface area contributed by atoms with E-state index in [0.717, 1.165) is 11.7 Å². The molecule has 3 aromatic rings. The van der Waals surface area contributed by atoms with Gasteiger partial charge in [0.2, 0.25) is 15.9 Å². The molecule has 0 spiro atoms. The van der Waals surface area contributed by atoms with E-state index in [0.29, 0.717) is 55.5 Å². The average molecular weight is 380 g/mol. The smallest absolute Gasteiger partial charge is 0.245 e. The Morgan fingerprint density at radius 3 is 2.72 bits per heavy atom. The minimum absolute atomic E-state index is 0.222. The fourth-order valence-electron chi connectivity index (χ4n) is 2.85. The van der Waals surface area contributed by atoms with Gasteiger partial charge >= 0.3 is 0 Å². The number of rotatable bonds is 4. The Balaban J connectivity index is 1.49. The molecular weight excluding hydrogens is 364 g/mol. The third-order valence-corrected chi connectivity index (χ3v) is 6.60. The molecule has 4 rings (SSSR count). The molecule has 1 aromatic carbocycles. The molecule has 1 aliphatic rings. The summed E-state index contributed by atoms with van der Waals surface area (Å²) in [5.74, 6) is 1.15. The number of hydrogen-bond acceptors (Lipinski definition) is 9. The van der Waals surface area contributed by atoms with E-state index in [2.05, 4.69) is 23.8 Å². The van der Waals surface area contributed by atoms with E-state index in [1.807, 2.05) is 0 Å². The molecule has 0 atom stereocenters. The number of piperazine rings is 1. The van der Waals surface area contributed by atoms with Gasteiger partial charge in [-0.3, -0.25) is 4.90 Å². The zero-order valence-corrected chi connectivity index (χ0v) is 15.1. The van der Waals surface area contributed by atoms with Crippen molar-refractivity contribution in [3.63, 3.8) is 0 Å². The molecule has 3 heterocycles. The van der Waals surface area contributed by atoms with Crippen molar-refractivity contribution >= 4 is 32.8 Å². The van der Waals surface area contributed by atoms with Crippen molar-refractivity contribution in [2.24, 2.45) is 0 Å². The van der Waals surface area contributed by atoms with Crippen LogP contribution < -0.4 is 0 Å². The van der Waals surface area contributed by atoms with E-state index in [9.17, 15) is 8.42 Å². The van der Waals surface area contributed by atoms with Crippen molar-refractivity contribution in [3.05, 3.63) is 29.9 Å². The minimum atomic E-state index is -3.59. The molecule has 0 unspecified atom stereocenters. The van der Waals surface area contributed by atoms with E-state index in [4.69, 9.17) is 4.52 Å². The Bertz CT molecular complexity index is 991. The third-order valence-electron chi connectivity index (χ3n) is 4.13. The molecule has 9 nitrogen and oxygen atoms in total. The van der Waals surface area contributed by atoms with E-state index >= 15 is 0 Å². The number of aromatic nitrogens is 4. The van der Waals surface area contributed by atoms with E-state index in [-0.39, 0.29) is 4.90 Å². The van der Waals surface area contributed by atoms with Crippen molar-refractivity contribution in [1.29, 1.82) is 0 Å². The predicted octanol–water partition coefficient (Wildman–Crippen LogP) is 0.889. The Morgan fingerprint density at radius 1 is 1.20 bits per heavy atom. The highest BCUT2D eigenvalue weighted by Crippen LogP contribution is 2.25. The van der Waals surface area contributed by atoms with Crippen LogP contribution in [0.15, 0.2) is 27.6 Å². The van der Waals surface area contributed by atoms with Gasteiger partial charge in [0.25, 0.3) is 0 Å². The zero-order valence-electron chi connectivity index (χ0n) is 13.5. The molecule has 1 fully saturated rings. The van der Waals surface area contributed by atoms with Crippen molar-refractivity contribution in [2.75, 3.05) is 26.2 Å². The first-order valence-electron chi connectivity index (χ1n) is 7.77. The molecule has 1 saturated heterocycles. The summed E-state index contributed by atoms with van der Waals surface area (Å²) in [5.41, 5.74) is 1.05. The van der Waals surface area contributed by atoms with Gasteiger partial charge in [0, 0.05) is 26.2 Å². The second-order valence-corrected chi connectivity index (χ2v) is 8.24. The highest BCUT2D eigenvalue weighted by Gasteiger charge is 2.31. The highest BCUT2D eigenvalue weighted by molar-refractivity contribution is 7.89. The molecule has 0 bridgehead atoms. The molecule has 1 aliphatic heterocycles. The molecule has 2 aromatic heterocycles. The highest BCUT2D eigenvalue weighted by atomic mass is 32.2. The van der Waals surface area contributed by atoms with E-state index in [1.54, 1.807) is 25.1 Å². The number of benzene rings is 1. The normalized spacial score (nSPS) is 17.3. The first-order valence-corrected chi connectivity index (χ1v) is 9.94. The summed E-state index contributed by atoms with van der Waals surface area (Å²) in [7, 11) is -3.59. The maximum absolute atomic E-state index is 13.0. The van der Waals surface area contributed by atoms with E-state index in [1.165, 1.54) is 4.31 Å². The molecule has 0 aliphatic carbocycles. The van der Waals surface area contributed by atoms with Crippen LogP contribution in [0, 0.1) is 6.92 Å². The van der Waals surface area contributed by atoms with Crippen LogP contribution in [-0.2, 0) is 16.6 Å². The monoisotopic (exact) mass is 380 g/mol. The van der Waals surface area contributed by atoms with Crippen molar-refractivity contribution in [3.8, 4) is 0 Å². The van der Waals surface area contributed by atoms with Crippen LogP contribution in [0.3, 0.4) is 0 Å². The van der Waals surface area contributed by atoms with Gasteiger partial charge in [0.15, 0.2) is 5.82 Å². The number of sulfonamides is 1. The number of nitrogens with zero attached hydrogens (tertiary/aromatic N) is 6. The first kappa shape index (κ1) is 16.5. The standard InChI is InChI=1S/C14H16N6O3S2/c1-10-15-13(23-16-10)9-19-5-7-20(8-6-19)25(21,22)12-4-2-3-11-14(12)18-24-17-11/h2-4H,5-9H2,1H3. The first-order chi connectivity index (χ1) is 12.0. The van der Waals surface area contributed by atoms with Crippen LogP contribution in [0.1, 0.15) is 11.7 Å². The summed E-state index contributed by atoms with van der Waals surface area (Å²) in [6, 6.07) is 5.06. The molecule has 11 heteroatoms. The maximum Gasteiger partial charge on any atom is 0.245 e. The van der Waals surface area contributed by atoms with E-state index < -0.39 is 10.0 Å². The minimum Gasteiger partial charge on any atom is -0.338 e. The van der Waals surface area contributed by atoms with Crippen LogP contribution in [-0.4, -0.2) is 62.7 Å². The lowest BCUT2D eigenvalue weighted by Crippen LogP contribution is -2.48. The zero-order chi connectivity index (χ0) is 17.4. The second-order valence-electron chi connectivity index (χ2n) is 5.80. The number of aryl methyl sites for hydroxylation is 1. The largest absolute Gasteiger partial charge is 0.338 e. The van der Waals surface area contributed by atoms with Gasteiger partial charge in [-0.25, -0.2) is 8.42 Å². The van der Waals surface area contributed by atoms with Crippen LogP contribution in [0.5, 0.6) is 0 Å². The van der Waals surface area contributed by atoms with Crippen molar-refractivity contribution < 1.29 is 12.9 Å². The maximum atomic E-state index is 13.0. The summed E-state index contributed by atoms with van der Waals surface area (Å²) >= 11 is 1.02. The fourth-order valence-corrected chi connectivity index (χ4v) is 5.03. The fraction of sp³-hybridized carbons (Fsp3) is 0.429. The summed E-state index contributed by atoms with van der Waals surface area (Å²) in [4.78, 5) is 6.51. The lowest BCUT2D eigenvalue weighted by Gasteiger charge is -2.33. The topological polar surface area (TPSA) is 105 Å². The molecule has 25 heavy (non-hydrogen) atoms. The second kappa shape index (κ2) is 6.41. The van der Waals surface area contributed by atoms with Crippen LogP contribution in [0.4, 0.5) is 0 Å². The molecule has 0 amide bonds. The summed E-state index contributed by atoms with van der Waals surface area (Å²) in [6.07, 6.45) is 0. The van der Waals surface area contributed by atoms with Gasteiger partial charge in [-0.2, -0.15) is 18.0 Å². The van der Waals surface area contributed by atoms with Gasteiger partial charge in [0.1, 0.15) is 15.9 Å². The predicted molar refractivity (Wildman–Crippen MR) is 90.5 cm³/mol. The third kappa shape index (κ3) is 3.15. The number of fused-ring (bicyclic) bond motifs is 1. The lowest BCUT2D eigenvalue weighted by molar-refractivity contribution is 0.163. The van der Waals surface area contributed by atoms with Gasteiger partial charge in [-0.15, -0.1) is 0 Å². The Labute approximate surface area is 148 Å². The van der Waals surface area contributed by atoms with Gasteiger partial charge in [0.05, 0.1) is 18.3 Å². The van der Waals surface area contributed by atoms with Gasteiger partial charge in [-0.1, -0.05) is 11.2 Å².